The molecule has 21 heavy (non-hydrogen) atoms. The fourth-order valence-corrected chi connectivity index (χ4v) is 2.74. The maximum Gasteiger partial charge on any atom is 0.353 e. The van der Waals surface area contributed by atoms with E-state index in [2.05, 4.69) is 12.1 Å². The predicted octanol–water partition coefficient (Wildman–Crippen LogP) is 2.01. The molecule has 0 aliphatic heterocycles. The number of esters is 1. The maximum absolute atomic E-state index is 11.6. The Labute approximate surface area is 123 Å². The lowest BCUT2D eigenvalue weighted by Crippen LogP contribution is -2.46. The third kappa shape index (κ3) is 2.44. The van der Waals surface area contributed by atoms with Gasteiger partial charge in [-0.1, -0.05) is 48.5 Å². The van der Waals surface area contributed by atoms with Crippen molar-refractivity contribution >= 4 is 5.97 Å². The van der Waals surface area contributed by atoms with E-state index in [9.17, 15) is 9.90 Å². The monoisotopic (exact) mass is 283 g/mol. The summed E-state index contributed by atoms with van der Waals surface area (Å²) in [4.78, 5) is 11.6. The van der Waals surface area contributed by atoms with Crippen molar-refractivity contribution in [1.82, 2.24) is 0 Å². The lowest BCUT2D eigenvalue weighted by Gasteiger charge is -2.19. The summed E-state index contributed by atoms with van der Waals surface area (Å²) in [5.74, 6) is -0.840. The molecule has 0 saturated carbocycles. The van der Waals surface area contributed by atoms with E-state index in [1.807, 2.05) is 36.4 Å². The van der Waals surface area contributed by atoms with E-state index < -0.39 is 11.7 Å². The number of nitrogens with two attached hydrogens (primary N) is 1. The van der Waals surface area contributed by atoms with Crippen LogP contribution in [0.2, 0.25) is 0 Å². The highest BCUT2D eigenvalue weighted by molar-refractivity contribution is 5.80. The van der Waals surface area contributed by atoms with Crippen molar-refractivity contribution in [2.24, 2.45) is 5.73 Å². The molecular formula is C17H17NO3. The summed E-state index contributed by atoms with van der Waals surface area (Å²) in [6, 6.07) is 16.1. The minimum absolute atomic E-state index is 0.0244. The van der Waals surface area contributed by atoms with Gasteiger partial charge in [0.2, 0.25) is 5.72 Å². The van der Waals surface area contributed by atoms with Crippen LogP contribution in [0.5, 0.6) is 0 Å². The van der Waals surface area contributed by atoms with Gasteiger partial charge >= 0.3 is 5.97 Å². The van der Waals surface area contributed by atoms with Gasteiger partial charge in [-0.15, -0.1) is 0 Å². The SMILES string of the molecule is CC(N)(O)C(=O)OCC1c2ccccc2-c2ccccc21. The molecule has 3 rings (SSSR count). The normalized spacial score (nSPS) is 16.0. The van der Waals surface area contributed by atoms with Gasteiger partial charge in [-0.2, -0.15) is 0 Å². The number of ether oxygens (including phenoxy) is 1. The largest absolute Gasteiger partial charge is 0.462 e. The molecule has 0 saturated heterocycles. The zero-order chi connectivity index (χ0) is 15.0. The van der Waals surface area contributed by atoms with Crippen molar-refractivity contribution in [2.75, 3.05) is 6.61 Å². The van der Waals surface area contributed by atoms with Crippen LogP contribution in [0.4, 0.5) is 0 Å². The first-order valence-electron chi connectivity index (χ1n) is 6.85. The molecule has 0 amide bonds. The van der Waals surface area contributed by atoms with Crippen molar-refractivity contribution < 1.29 is 14.6 Å². The Bertz CT molecular complexity index is 643. The molecule has 108 valence electrons. The van der Waals surface area contributed by atoms with Crippen molar-refractivity contribution in [2.45, 2.75) is 18.6 Å². The number of rotatable bonds is 3. The van der Waals surface area contributed by atoms with Gasteiger partial charge in [0, 0.05) is 5.92 Å². The number of benzene rings is 2. The molecule has 1 atom stereocenters. The van der Waals surface area contributed by atoms with Crippen molar-refractivity contribution in [3.63, 3.8) is 0 Å². The van der Waals surface area contributed by atoms with Crippen LogP contribution in [0.3, 0.4) is 0 Å². The second-order valence-corrected chi connectivity index (χ2v) is 5.47. The van der Waals surface area contributed by atoms with Crippen LogP contribution in [0.15, 0.2) is 48.5 Å². The van der Waals surface area contributed by atoms with Gasteiger partial charge in [0.05, 0.1) is 0 Å². The first-order chi connectivity index (χ1) is 9.98. The molecule has 0 aromatic heterocycles. The average molecular weight is 283 g/mol. The Morgan fingerprint density at radius 1 is 1.14 bits per heavy atom. The standard InChI is InChI=1S/C17H17NO3/c1-17(18,20)16(19)21-10-15-13-8-4-2-6-11(13)12-7-3-5-9-14(12)15/h2-9,15,20H,10,18H2,1H3. The van der Waals surface area contributed by atoms with Crippen LogP contribution in [0.1, 0.15) is 24.0 Å². The number of carbonyl (C=O) groups is 1. The lowest BCUT2D eigenvalue weighted by molar-refractivity contribution is -0.163. The Morgan fingerprint density at radius 2 is 1.62 bits per heavy atom. The van der Waals surface area contributed by atoms with E-state index in [0.29, 0.717) is 0 Å². The Balaban J connectivity index is 1.91. The quantitative estimate of drug-likeness (QED) is 0.667. The van der Waals surface area contributed by atoms with Gasteiger partial charge in [0.1, 0.15) is 6.61 Å². The Morgan fingerprint density at radius 3 is 2.10 bits per heavy atom. The minimum Gasteiger partial charge on any atom is -0.462 e. The topological polar surface area (TPSA) is 72.5 Å². The third-order valence-corrected chi connectivity index (χ3v) is 3.76. The van der Waals surface area contributed by atoms with Crippen molar-refractivity contribution in [1.29, 1.82) is 0 Å². The number of hydrogen-bond acceptors (Lipinski definition) is 4. The summed E-state index contributed by atoms with van der Waals surface area (Å²) in [6.07, 6.45) is 0. The van der Waals surface area contributed by atoms with E-state index in [0.717, 1.165) is 22.3 Å². The van der Waals surface area contributed by atoms with Gasteiger partial charge < -0.3 is 9.84 Å². The molecule has 2 aromatic rings. The molecule has 0 bridgehead atoms. The summed E-state index contributed by atoms with van der Waals surface area (Å²) < 4.78 is 5.19. The molecule has 0 fully saturated rings. The lowest BCUT2D eigenvalue weighted by atomic mass is 9.98. The molecule has 1 aliphatic rings. The maximum atomic E-state index is 11.6. The van der Waals surface area contributed by atoms with Gasteiger partial charge in [-0.25, -0.2) is 4.79 Å². The van der Waals surface area contributed by atoms with Crippen LogP contribution >= 0.6 is 0 Å². The molecule has 2 aromatic carbocycles. The second kappa shape index (κ2) is 4.98. The van der Waals surface area contributed by atoms with E-state index in [4.69, 9.17) is 10.5 Å². The van der Waals surface area contributed by atoms with Crippen LogP contribution in [-0.4, -0.2) is 23.4 Å². The van der Waals surface area contributed by atoms with Crippen LogP contribution in [0.25, 0.3) is 11.1 Å². The molecular weight excluding hydrogens is 266 g/mol. The third-order valence-electron chi connectivity index (χ3n) is 3.76. The van der Waals surface area contributed by atoms with E-state index >= 15 is 0 Å². The highest BCUT2D eigenvalue weighted by Crippen LogP contribution is 2.44. The predicted molar refractivity (Wildman–Crippen MR) is 79.5 cm³/mol. The zero-order valence-electron chi connectivity index (χ0n) is 11.7. The zero-order valence-corrected chi connectivity index (χ0v) is 11.7. The van der Waals surface area contributed by atoms with Crippen LogP contribution in [0, 0.1) is 0 Å². The molecule has 1 aliphatic carbocycles. The summed E-state index contributed by atoms with van der Waals surface area (Å²) in [7, 11) is 0. The van der Waals surface area contributed by atoms with Gasteiger partial charge in [0.15, 0.2) is 0 Å². The van der Waals surface area contributed by atoms with Crippen molar-refractivity contribution in [3.05, 3.63) is 59.7 Å². The molecule has 0 radical (unpaired) electrons. The van der Waals surface area contributed by atoms with Crippen LogP contribution < -0.4 is 5.73 Å². The minimum atomic E-state index is -1.96. The average Bonchev–Trinajstić information content (AvgIpc) is 2.78. The van der Waals surface area contributed by atoms with Crippen molar-refractivity contribution in [3.8, 4) is 11.1 Å². The number of carbonyl (C=O) groups excluding carboxylic acids is 1. The fraction of sp³-hybridized carbons (Fsp3) is 0.235. The van der Waals surface area contributed by atoms with E-state index in [1.165, 1.54) is 6.92 Å². The Kier molecular flexibility index (Phi) is 3.27. The number of hydrogen-bond donors (Lipinski definition) is 2. The molecule has 4 nitrogen and oxygen atoms in total. The first-order valence-corrected chi connectivity index (χ1v) is 6.85. The van der Waals surface area contributed by atoms with Gasteiger partial charge in [-0.05, 0) is 29.2 Å². The molecule has 4 heteroatoms. The van der Waals surface area contributed by atoms with Gasteiger partial charge in [-0.3, -0.25) is 5.73 Å². The Hall–Kier alpha value is -2.17. The molecule has 0 heterocycles. The summed E-state index contributed by atoms with van der Waals surface area (Å²) >= 11 is 0. The smallest absolute Gasteiger partial charge is 0.353 e. The molecule has 1 unspecified atom stereocenters. The fourth-order valence-electron chi connectivity index (χ4n) is 2.74. The highest BCUT2D eigenvalue weighted by Gasteiger charge is 2.32. The first kappa shape index (κ1) is 13.8. The summed E-state index contributed by atoms with van der Waals surface area (Å²) in [5.41, 5.74) is 7.95. The van der Waals surface area contributed by atoms with Crippen LogP contribution in [-0.2, 0) is 9.53 Å². The highest BCUT2D eigenvalue weighted by atomic mass is 16.6. The van der Waals surface area contributed by atoms with Gasteiger partial charge in [0.25, 0.3) is 0 Å². The number of fused-ring (bicyclic) bond motifs is 3. The molecule has 0 spiro atoms. The second-order valence-electron chi connectivity index (χ2n) is 5.47. The van der Waals surface area contributed by atoms with E-state index in [1.54, 1.807) is 0 Å². The van der Waals surface area contributed by atoms with E-state index in [-0.39, 0.29) is 12.5 Å². The number of aliphatic hydroxyl groups is 1. The summed E-state index contributed by atoms with van der Waals surface area (Å²) in [5, 5.41) is 9.45. The molecule has 3 N–H and O–H groups in total. The summed E-state index contributed by atoms with van der Waals surface area (Å²) in [6.45, 7) is 1.38.